The second-order valence-electron chi connectivity index (χ2n) is 5.59. The smallest absolute Gasteiger partial charge is 0.267 e. The van der Waals surface area contributed by atoms with E-state index in [0.717, 1.165) is 12.8 Å². The zero-order valence-corrected chi connectivity index (χ0v) is 11.9. The highest BCUT2D eigenvalue weighted by atomic mass is 32.2. The fraction of sp³-hybridized carbons (Fsp3) is 0.750. The van der Waals surface area contributed by atoms with Gasteiger partial charge in [0, 0.05) is 18.9 Å². The molecule has 1 N–H and O–H groups in total. The molecule has 7 nitrogen and oxygen atoms in total. The number of hydrogen-bond donors (Lipinski definition) is 1. The molecular weight excluding hydrogens is 282 g/mol. The van der Waals surface area contributed by atoms with Gasteiger partial charge in [-0.3, -0.25) is 9.59 Å². The van der Waals surface area contributed by atoms with E-state index >= 15 is 0 Å². The summed E-state index contributed by atoms with van der Waals surface area (Å²) >= 11 is 0. The Labute approximate surface area is 117 Å². The Kier molecular flexibility index (Phi) is 3.27. The molecule has 0 spiro atoms. The third-order valence-corrected chi connectivity index (χ3v) is 5.54. The highest BCUT2D eigenvalue weighted by Crippen LogP contribution is 2.23. The summed E-state index contributed by atoms with van der Waals surface area (Å²) < 4.78 is 23.0. The molecule has 1 atom stereocenters. The maximum atomic E-state index is 11.9. The van der Waals surface area contributed by atoms with Crippen molar-refractivity contribution in [2.75, 3.05) is 11.5 Å². The number of hydrazone groups is 1. The molecule has 2 aliphatic heterocycles. The third-order valence-electron chi connectivity index (χ3n) is 3.79. The van der Waals surface area contributed by atoms with Gasteiger partial charge in [0.2, 0.25) is 5.91 Å². The van der Waals surface area contributed by atoms with Crippen molar-refractivity contribution in [1.29, 1.82) is 0 Å². The molecule has 0 bridgehead atoms. The summed E-state index contributed by atoms with van der Waals surface area (Å²) in [6.07, 6.45) is 2.92. The highest BCUT2D eigenvalue weighted by Gasteiger charge is 2.37. The number of carbonyl (C=O) groups excluding carboxylic acids is 2. The minimum atomic E-state index is -3.08. The molecule has 110 valence electrons. The first-order chi connectivity index (χ1) is 9.44. The summed E-state index contributed by atoms with van der Waals surface area (Å²) in [5.74, 6) is -0.402. The van der Waals surface area contributed by atoms with Crippen LogP contribution in [0.2, 0.25) is 0 Å². The van der Waals surface area contributed by atoms with Crippen molar-refractivity contribution in [3.63, 3.8) is 0 Å². The van der Waals surface area contributed by atoms with Gasteiger partial charge in [-0.05, 0) is 19.3 Å². The molecule has 0 aromatic heterocycles. The van der Waals surface area contributed by atoms with Gasteiger partial charge in [-0.2, -0.15) is 5.10 Å². The van der Waals surface area contributed by atoms with Crippen LogP contribution in [0.15, 0.2) is 5.10 Å². The SMILES string of the molecule is O=C(NC1CC1)C1=NN([C@H]2CCS(=O)(=O)C2)C(=O)CC1. The lowest BCUT2D eigenvalue weighted by atomic mass is 10.1. The lowest BCUT2D eigenvalue weighted by Gasteiger charge is -2.27. The van der Waals surface area contributed by atoms with E-state index in [-0.39, 0.29) is 35.8 Å². The maximum Gasteiger partial charge on any atom is 0.267 e. The fourth-order valence-corrected chi connectivity index (χ4v) is 4.18. The summed E-state index contributed by atoms with van der Waals surface area (Å²) in [6.45, 7) is 0. The minimum Gasteiger partial charge on any atom is -0.348 e. The lowest BCUT2D eigenvalue weighted by molar-refractivity contribution is -0.133. The van der Waals surface area contributed by atoms with E-state index in [1.165, 1.54) is 5.01 Å². The number of amides is 2. The predicted octanol–water partition coefficient (Wildman–Crippen LogP) is -0.570. The van der Waals surface area contributed by atoms with E-state index in [1.54, 1.807) is 0 Å². The Bertz CT molecular complexity index is 580. The molecule has 8 heteroatoms. The van der Waals surface area contributed by atoms with Crippen LogP contribution in [-0.2, 0) is 19.4 Å². The monoisotopic (exact) mass is 299 g/mol. The zero-order valence-electron chi connectivity index (χ0n) is 11.0. The van der Waals surface area contributed by atoms with Gasteiger partial charge in [0.05, 0.1) is 17.5 Å². The van der Waals surface area contributed by atoms with E-state index < -0.39 is 15.9 Å². The van der Waals surface area contributed by atoms with Crippen molar-refractivity contribution in [3.8, 4) is 0 Å². The number of hydrogen-bond acceptors (Lipinski definition) is 5. The first-order valence-corrected chi connectivity index (χ1v) is 8.67. The van der Waals surface area contributed by atoms with Crippen LogP contribution in [0.5, 0.6) is 0 Å². The van der Waals surface area contributed by atoms with E-state index in [2.05, 4.69) is 10.4 Å². The molecule has 1 saturated heterocycles. The van der Waals surface area contributed by atoms with Gasteiger partial charge < -0.3 is 5.32 Å². The molecule has 2 fully saturated rings. The van der Waals surface area contributed by atoms with Crippen LogP contribution < -0.4 is 5.32 Å². The topological polar surface area (TPSA) is 95.9 Å². The lowest BCUT2D eigenvalue weighted by Crippen LogP contribution is -2.44. The first kappa shape index (κ1) is 13.5. The van der Waals surface area contributed by atoms with E-state index in [1.807, 2.05) is 0 Å². The number of nitrogens with one attached hydrogen (secondary N) is 1. The molecule has 0 aromatic carbocycles. The standard InChI is InChI=1S/C12H17N3O4S/c16-11-4-3-10(12(17)13-8-1-2-8)14-15(11)9-5-6-20(18,19)7-9/h8-9H,1-7H2,(H,13,17)/t9-/m0/s1. The number of carbonyl (C=O) groups is 2. The first-order valence-electron chi connectivity index (χ1n) is 6.85. The molecule has 2 amide bonds. The van der Waals surface area contributed by atoms with Gasteiger partial charge in [0.25, 0.3) is 5.91 Å². The quantitative estimate of drug-likeness (QED) is 0.755. The van der Waals surface area contributed by atoms with Gasteiger partial charge in [-0.1, -0.05) is 0 Å². The van der Waals surface area contributed by atoms with E-state index in [4.69, 9.17) is 0 Å². The Balaban J connectivity index is 1.74. The average Bonchev–Trinajstić information content (AvgIpc) is 3.12. The van der Waals surface area contributed by atoms with Crippen molar-refractivity contribution < 1.29 is 18.0 Å². The van der Waals surface area contributed by atoms with Gasteiger partial charge in [0.15, 0.2) is 9.84 Å². The molecule has 0 aromatic rings. The van der Waals surface area contributed by atoms with Crippen LogP contribution in [0.1, 0.15) is 32.1 Å². The highest BCUT2D eigenvalue weighted by molar-refractivity contribution is 7.91. The van der Waals surface area contributed by atoms with Crippen molar-refractivity contribution in [2.24, 2.45) is 5.10 Å². The van der Waals surface area contributed by atoms with Crippen LogP contribution in [0.25, 0.3) is 0 Å². The largest absolute Gasteiger partial charge is 0.348 e. The van der Waals surface area contributed by atoms with Gasteiger partial charge in [-0.15, -0.1) is 0 Å². The molecule has 1 aliphatic carbocycles. The Morgan fingerprint density at radius 3 is 2.60 bits per heavy atom. The zero-order chi connectivity index (χ0) is 14.3. The maximum absolute atomic E-state index is 11.9. The number of sulfone groups is 1. The van der Waals surface area contributed by atoms with Crippen molar-refractivity contribution in [1.82, 2.24) is 10.3 Å². The van der Waals surface area contributed by atoms with Crippen LogP contribution in [0, 0.1) is 0 Å². The summed E-state index contributed by atoms with van der Waals surface area (Å²) in [5, 5.41) is 8.17. The summed E-state index contributed by atoms with van der Waals surface area (Å²) in [7, 11) is -3.08. The van der Waals surface area contributed by atoms with Gasteiger partial charge in [0.1, 0.15) is 5.71 Å². The van der Waals surface area contributed by atoms with Crippen LogP contribution in [-0.4, -0.2) is 54.5 Å². The van der Waals surface area contributed by atoms with E-state index in [0.29, 0.717) is 18.6 Å². The van der Waals surface area contributed by atoms with Crippen LogP contribution in [0.3, 0.4) is 0 Å². The minimum absolute atomic E-state index is 0.0558. The summed E-state index contributed by atoms with van der Waals surface area (Å²) in [6, 6.07) is -0.181. The van der Waals surface area contributed by atoms with Crippen LogP contribution >= 0.6 is 0 Å². The Morgan fingerprint density at radius 1 is 1.25 bits per heavy atom. The Morgan fingerprint density at radius 2 is 2.00 bits per heavy atom. The molecule has 2 heterocycles. The molecule has 3 rings (SSSR count). The molecule has 1 saturated carbocycles. The molecule has 20 heavy (non-hydrogen) atoms. The van der Waals surface area contributed by atoms with Crippen LogP contribution in [0.4, 0.5) is 0 Å². The normalized spacial score (nSPS) is 29.2. The molecule has 3 aliphatic rings. The van der Waals surface area contributed by atoms with Gasteiger partial charge in [-0.25, -0.2) is 13.4 Å². The molecule has 0 unspecified atom stereocenters. The predicted molar refractivity (Wildman–Crippen MR) is 71.7 cm³/mol. The fourth-order valence-electron chi connectivity index (χ4n) is 2.48. The second-order valence-corrected chi connectivity index (χ2v) is 7.82. The molecular formula is C12H17N3O4S. The number of nitrogens with zero attached hydrogens (tertiary/aromatic N) is 2. The summed E-state index contributed by atoms with van der Waals surface area (Å²) in [5.41, 5.74) is 0.334. The number of rotatable bonds is 3. The van der Waals surface area contributed by atoms with Crippen molar-refractivity contribution in [3.05, 3.63) is 0 Å². The Hall–Kier alpha value is -1.44. The second kappa shape index (κ2) is 4.83. The van der Waals surface area contributed by atoms with Gasteiger partial charge >= 0.3 is 0 Å². The molecule has 0 radical (unpaired) electrons. The van der Waals surface area contributed by atoms with E-state index in [9.17, 15) is 18.0 Å². The summed E-state index contributed by atoms with van der Waals surface area (Å²) in [4.78, 5) is 23.8. The average molecular weight is 299 g/mol. The van der Waals surface area contributed by atoms with Crippen molar-refractivity contribution >= 4 is 27.4 Å². The third kappa shape index (κ3) is 2.84. The van der Waals surface area contributed by atoms with Crippen molar-refractivity contribution in [2.45, 2.75) is 44.2 Å².